The average Bonchev–Trinajstić information content (AvgIpc) is 3.19. The molecule has 3 rings (SSSR count). The summed E-state index contributed by atoms with van der Waals surface area (Å²) in [6, 6.07) is 14.9. The summed E-state index contributed by atoms with van der Waals surface area (Å²) in [4.78, 5) is 12.4. The van der Waals surface area contributed by atoms with E-state index in [0.717, 1.165) is 0 Å². The first-order valence-corrected chi connectivity index (χ1v) is 9.96. The number of furan rings is 1. The van der Waals surface area contributed by atoms with Gasteiger partial charge in [0.2, 0.25) is 0 Å². The van der Waals surface area contributed by atoms with Gasteiger partial charge in [-0.1, -0.05) is 34.8 Å². The summed E-state index contributed by atoms with van der Waals surface area (Å²) in [5, 5.41) is 12.9. The van der Waals surface area contributed by atoms with Gasteiger partial charge in [0.25, 0.3) is 5.91 Å². The average molecular weight is 478 g/mol. The lowest BCUT2D eigenvalue weighted by molar-refractivity contribution is -0.112. The van der Waals surface area contributed by atoms with Crippen LogP contribution in [0.5, 0.6) is 11.5 Å². The fourth-order valence-corrected chi connectivity index (χ4v) is 3.45. The number of halogens is 3. The predicted molar refractivity (Wildman–Crippen MR) is 120 cm³/mol. The Balaban J connectivity index is 1.67. The fourth-order valence-electron chi connectivity index (χ4n) is 2.52. The number of methoxy groups -OCH3 is 1. The molecule has 0 atom stereocenters. The number of hydrogen-bond donors (Lipinski definition) is 1. The first kappa shape index (κ1) is 22.6. The first-order valence-electron chi connectivity index (χ1n) is 8.83. The fraction of sp³-hybridized carbons (Fsp3) is 0.0909. The van der Waals surface area contributed by atoms with E-state index in [1.165, 1.54) is 18.2 Å². The summed E-state index contributed by atoms with van der Waals surface area (Å²) in [5.74, 6) is 1.12. The van der Waals surface area contributed by atoms with Gasteiger partial charge < -0.3 is 19.2 Å². The molecular weight excluding hydrogens is 463 g/mol. The highest BCUT2D eigenvalue weighted by Crippen LogP contribution is 2.36. The van der Waals surface area contributed by atoms with Gasteiger partial charge in [0.15, 0.2) is 5.75 Å². The van der Waals surface area contributed by atoms with Crippen molar-refractivity contribution in [2.75, 3.05) is 12.4 Å². The standard InChI is InChI=1S/C22H15Cl3N2O4/c1-29-16-4-2-15(3-5-16)27-22(28)13(11-26)8-17-6-7-18(31-17)12-30-21-19(24)9-14(23)10-20(21)25/h2-10H,12H2,1H3,(H,27,28). The summed E-state index contributed by atoms with van der Waals surface area (Å²) < 4.78 is 16.3. The van der Waals surface area contributed by atoms with E-state index in [4.69, 9.17) is 48.7 Å². The maximum atomic E-state index is 12.4. The molecule has 1 heterocycles. The van der Waals surface area contributed by atoms with Crippen molar-refractivity contribution in [3.63, 3.8) is 0 Å². The van der Waals surface area contributed by atoms with E-state index in [0.29, 0.717) is 28.0 Å². The van der Waals surface area contributed by atoms with Gasteiger partial charge in [0.1, 0.15) is 35.5 Å². The topological polar surface area (TPSA) is 84.5 Å². The number of nitrogens with one attached hydrogen (secondary N) is 1. The molecule has 1 amide bonds. The van der Waals surface area contributed by atoms with E-state index >= 15 is 0 Å². The molecule has 0 aliphatic rings. The molecule has 0 spiro atoms. The quantitative estimate of drug-likeness (QED) is 0.315. The van der Waals surface area contributed by atoms with Gasteiger partial charge in [-0.05, 0) is 48.5 Å². The molecule has 0 saturated carbocycles. The minimum absolute atomic E-state index is 0.0366. The van der Waals surface area contributed by atoms with Gasteiger partial charge in [-0.25, -0.2) is 0 Å². The number of carbonyl (C=O) groups excluding carboxylic acids is 1. The lowest BCUT2D eigenvalue weighted by Gasteiger charge is -2.09. The van der Waals surface area contributed by atoms with E-state index < -0.39 is 5.91 Å². The molecule has 0 aliphatic carbocycles. The maximum absolute atomic E-state index is 12.4. The van der Waals surface area contributed by atoms with Gasteiger partial charge in [-0.3, -0.25) is 4.79 Å². The van der Waals surface area contributed by atoms with Gasteiger partial charge in [0, 0.05) is 16.8 Å². The second-order valence-corrected chi connectivity index (χ2v) is 7.39. The molecule has 158 valence electrons. The van der Waals surface area contributed by atoms with E-state index in [9.17, 15) is 10.1 Å². The van der Waals surface area contributed by atoms with Crippen molar-refractivity contribution in [3.8, 4) is 17.6 Å². The van der Waals surface area contributed by atoms with E-state index in [-0.39, 0.29) is 28.0 Å². The van der Waals surface area contributed by atoms with Crippen LogP contribution in [0, 0.1) is 11.3 Å². The van der Waals surface area contributed by atoms with Crippen molar-refractivity contribution >= 4 is 52.5 Å². The van der Waals surface area contributed by atoms with Gasteiger partial charge in [-0.2, -0.15) is 5.26 Å². The van der Waals surface area contributed by atoms with Crippen molar-refractivity contribution in [1.82, 2.24) is 0 Å². The van der Waals surface area contributed by atoms with Crippen LogP contribution in [0.2, 0.25) is 15.1 Å². The Kier molecular flexibility index (Phi) is 7.48. The summed E-state index contributed by atoms with van der Waals surface area (Å²) in [7, 11) is 1.55. The smallest absolute Gasteiger partial charge is 0.266 e. The Labute approximate surface area is 193 Å². The number of benzene rings is 2. The Morgan fingerprint density at radius 1 is 1.13 bits per heavy atom. The van der Waals surface area contributed by atoms with Crippen molar-refractivity contribution in [3.05, 3.63) is 80.7 Å². The molecule has 6 nitrogen and oxygen atoms in total. The van der Waals surface area contributed by atoms with Crippen LogP contribution in [0.15, 0.2) is 58.5 Å². The third-order valence-electron chi connectivity index (χ3n) is 4.00. The summed E-state index contributed by atoms with van der Waals surface area (Å²) in [6.45, 7) is 0.0366. The zero-order chi connectivity index (χ0) is 22.4. The Morgan fingerprint density at radius 3 is 2.42 bits per heavy atom. The largest absolute Gasteiger partial charge is 0.497 e. The highest BCUT2D eigenvalue weighted by molar-refractivity contribution is 6.40. The summed E-state index contributed by atoms with van der Waals surface area (Å²) in [5.41, 5.74) is 0.402. The van der Waals surface area contributed by atoms with Crippen LogP contribution >= 0.6 is 34.8 Å². The van der Waals surface area contributed by atoms with E-state index in [1.807, 2.05) is 6.07 Å². The third kappa shape index (κ3) is 5.96. The van der Waals surface area contributed by atoms with Gasteiger partial charge in [-0.15, -0.1) is 0 Å². The van der Waals surface area contributed by atoms with Crippen molar-refractivity contribution in [1.29, 1.82) is 5.26 Å². The molecule has 1 N–H and O–H groups in total. The van der Waals surface area contributed by atoms with Crippen LogP contribution in [-0.2, 0) is 11.4 Å². The minimum Gasteiger partial charge on any atom is -0.497 e. The van der Waals surface area contributed by atoms with E-state index in [1.54, 1.807) is 43.5 Å². The summed E-state index contributed by atoms with van der Waals surface area (Å²) in [6.07, 6.45) is 1.34. The molecule has 2 aromatic carbocycles. The highest BCUT2D eigenvalue weighted by atomic mass is 35.5. The van der Waals surface area contributed by atoms with Gasteiger partial charge >= 0.3 is 0 Å². The number of hydrogen-bond acceptors (Lipinski definition) is 5. The zero-order valence-corrected chi connectivity index (χ0v) is 18.4. The molecule has 1 aromatic heterocycles. The third-order valence-corrected chi connectivity index (χ3v) is 4.78. The molecule has 3 aromatic rings. The maximum Gasteiger partial charge on any atom is 0.266 e. The van der Waals surface area contributed by atoms with Crippen LogP contribution < -0.4 is 14.8 Å². The van der Waals surface area contributed by atoms with Crippen LogP contribution in [0.25, 0.3) is 6.08 Å². The molecule has 0 fully saturated rings. The predicted octanol–water partition coefficient (Wildman–Crippen LogP) is 6.37. The Morgan fingerprint density at radius 2 is 1.81 bits per heavy atom. The molecule has 0 saturated heterocycles. The number of nitrogens with zero attached hydrogens (tertiary/aromatic N) is 1. The van der Waals surface area contributed by atoms with Crippen LogP contribution in [-0.4, -0.2) is 13.0 Å². The molecular formula is C22H15Cl3N2O4. The van der Waals surface area contributed by atoms with E-state index in [2.05, 4.69) is 5.32 Å². The normalized spacial score (nSPS) is 11.0. The van der Waals surface area contributed by atoms with Crippen LogP contribution in [0.4, 0.5) is 5.69 Å². The lowest BCUT2D eigenvalue weighted by Crippen LogP contribution is -2.13. The second kappa shape index (κ2) is 10.3. The summed E-state index contributed by atoms with van der Waals surface area (Å²) >= 11 is 18.1. The lowest BCUT2D eigenvalue weighted by atomic mass is 10.2. The SMILES string of the molecule is COc1ccc(NC(=O)C(C#N)=Cc2ccc(COc3c(Cl)cc(Cl)cc3Cl)o2)cc1. The van der Waals surface area contributed by atoms with Crippen LogP contribution in [0.3, 0.4) is 0 Å². The number of amides is 1. The minimum atomic E-state index is -0.568. The number of anilines is 1. The monoisotopic (exact) mass is 476 g/mol. The van der Waals surface area contributed by atoms with Crippen LogP contribution in [0.1, 0.15) is 11.5 Å². The second-order valence-electron chi connectivity index (χ2n) is 6.14. The Bertz CT molecular complexity index is 1140. The molecule has 31 heavy (non-hydrogen) atoms. The molecule has 0 aliphatic heterocycles. The Hall–Kier alpha value is -3.11. The van der Waals surface area contributed by atoms with Crippen molar-refractivity contribution in [2.45, 2.75) is 6.61 Å². The molecule has 0 bridgehead atoms. The number of rotatable bonds is 7. The number of carbonyl (C=O) groups is 1. The number of nitriles is 1. The molecule has 0 unspecified atom stereocenters. The van der Waals surface area contributed by atoms with Gasteiger partial charge in [0.05, 0.1) is 17.2 Å². The molecule has 0 radical (unpaired) electrons. The first-order chi connectivity index (χ1) is 14.9. The molecule has 9 heteroatoms. The van der Waals surface area contributed by atoms with Crippen molar-refractivity contribution in [2.24, 2.45) is 0 Å². The highest BCUT2D eigenvalue weighted by Gasteiger charge is 2.13. The number of ether oxygens (including phenoxy) is 2. The van der Waals surface area contributed by atoms with Crippen molar-refractivity contribution < 1.29 is 18.7 Å². The zero-order valence-electron chi connectivity index (χ0n) is 16.1.